The molecule has 2 aromatic rings. The molecule has 43 heavy (non-hydrogen) atoms. The maximum Gasteiger partial charge on any atom is 0.262 e. The number of anilines is 1. The predicted octanol–water partition coefficient (Wildman–Crippen LogP) is 6.43. The van der Waals surface area contributed by atoms with Crippen molar-refractivity contribution >= 4 is 23.2 Å². The molecule has 0 radical (unpaired) electrons. The molecule has 1 amide bonds. The fourth-order valence-corrected chi connectivity index (χ4v) is 6.67. The molecule has 0 spiro atoms. The Hall–Kier alpha value is -4.07. The first-order valence-corrected chi connectivity index (χ1v) is 14.9. The molecule has 0 bridgehead atoms. The summed E-state index contributed by atoms with van der Waals surface area (Å²) in [6.07, 6.45) is 2.37. The van der Waals surface area contributed by atoms with Crippen LogP contribution < -0.4 is 19.5 Å². The third-order valence-corrected chi connectivity index (χ3v) is 8.52. The highest BCUT2D eigenvalue weighted by Gasteiger charge is 2.48. The van der Waals surface area contributed by atoms with Crippen molar-refractivity contribution in [1.29, 1.82) is 0 Å². The average Bonchev–Trinajstić information content (AvgIpc) is 2.93. The lowest BCUT2D eigenvalue weighted by Crippen LogP contribution is -2.43. The van der Waals surface area contributed by atoms with E-state index in [1.807, 2.05) is 38.2 Å². The van der Waals surface area contributed by atoms with Gasteiger partial charge in [-0.3, -0.25) is 14.4 Å². The summed E-state index contributed by atoms with van der Waals surface area (Å²) in [5, 5.41) is 2.81. The van der Waals surface area contributed by atoms with Crippen LogP contribution >= 0.6 is 0 Å². The number of amides is 1. The standard InChI is InChI=1S/C35H42N2O6/c1-8-42-29-15-21(13-14-28(29)43-20-30(40)36-22-11-9-10-12-27(22)41-7)31-32-23(16-34(2,3)18-25(32)38)37(6)24-17-35(4,5)19-26(39)33(24)31/h9-15,31H,8,16-20H2,1-7H3,(H,36,40). The molecule has 3 aliphatic rings. The number of rotatable bonds is 8. The fourth-order valence-electron chi connectivity index (χ4n) is 6.67. The van der Waals surface area contributed by atoms with E-state index < -0.39 is 5.92 Å². The molecule has 0 unspecified atom stereocenters. The van der Waals surface area contributed by atoms with E-state index >= 15 is 0 Å². The van der Waals surface area contributed by atoms with Crippen molar-refractivity contribution in [2.24, 2.45) is 10.8 Å². The third kappa shape index (κ3) is 6.05. The minimum absolute atomic E-state index is 0.0820. The van der Waals surface area contributed by atoms with E-state index in [1.165, 1.54) is 0 Å². The molecule has 1 heterocycles. The molecule has 0 saturated heterocycles. The summed E-state index contributed by atoms with van der Waals surface area (Å²) in [5.41, 5.74) is 4.45. The lowest BCUT2D eigenvalue weighted by molar-refractivity contribution is -0.120. The molecule has 0 fully saturated rings. The largest absolute Gasteiger partial charge is 0.495 e. The van der Waals surface area contributed by atoms with Gasteiger partial charge in [-0.15, -0.1) is 0 Å². The number of allylic oxidation sites excluding steroid dienone is 4. The molecule has 228 valence electrons. The van der Waals surface area contributed by atoms with Crippen LogP contribution in [-0.2, 0) is 14.4 Å². The van der Waals surface area contributed by atoms with Gasteiger partial charge in [0, 0.05) is 48.3 Å². The smallest absolute Gasteiger partial charge is 0.262 e. The van der Waals surface area contributed by atoms with Crippen LogP contribution in [0, 0.1) is 10.8 Å². The van der Waals surface area contributed by atoms with E-state index in [4.69, 9.17) is 14.2 Å². The zero-order valence-corrected chi connectivity index (χ0v) is 26.3. The van der Waals surface area contributed by atoms with Gasteiger partial charge in [0.2, 0.25) is 0 Å². The van der Waals surface area contributed by atoms with Crippen molar-refractivity contribution in [1.82, 2.24) is 4.90 Å². The first kappa shape index (κ1) is 30.4. The van der Waals surface area contributed by atoms with Gasteiger partial charge in [-0.1, -0.05) is 45.9 Å². The molecule has 2 aromatic carbocycles. The number of nitrogens with one attached hydrogen (secondary N) is 1. The number of carbonyl (C=O) groups excluding carboxylic acids is 3. The van der Waals surface area contributed by atoms with E-state index in [2.05, 4.69) is 37.9 Å². The Morgan fingerprint density at radius 3 is 2.05 bits per heavy atom. The molecule has 1 aliphatic heterocycles. The van der Waals surface area contributed by atoms with Gasteiger partial charge in [-0.2, -0.15) is 0 Å². The highest BCUT2D eigenvalue weighted by molar-refractivity contribution is 6.06. The molecule has 8 heteroatoms. The summed E-state index contributed by atoms with van der Waals surface area (Å²) in [6.45, 7) is 10.5. The van der Waals surface area contributed by atoms with Crippen molar-refractivity contribution in [2.75, 3.05) is 32.7 Å². The highest BCUT2D eigenvalue weighted by Crippen LogP contribution is 2.54. The van der Waals surface area contributed by atoms with Crippen molar-refractivity contribution in [3.8, 4) is 17.2 Å². The van der Waals surface area contributed by atoms with Gasteiger partial charge in [0.15, 0.2) is 29.7 Å². The first-order chi connectivity index (χ1) is 20.3. The summed E-state index contributed by atoms with van der Waals surface area (Å²) in [4.78, 5) is 42.5. The summed E-state index contributed by atoms with van der Waals surface area (Å²) >= 11 is 0. The van der Waals surface area contributed by atoms with Crippen LogP contribution in [0.25, 0.3) is 0 Å². The normalized spacial score (nSPS) is 19.6. The van der Waals surface area contributed by atoms with Gasteiger partial charge in [0.05, 0.1) is 19.4 Å². The molecular weight excluding hydrogens is 544 g/mol. The Kier molecular flexibility index (Phi) is 8.16. The number of ether oxygens (including phenoxy) is 3. The summed E-state index contributed by atoms with van der Waals surface area (Å²) in [6, 6.07) is 12.7. The number of benzene rings is 2. The van der Waals surface area contributed by atoms with E-state index in [9.17, 15) is 14.4 Å². The molecule has 8 nitrogen and oxygen atoms in total. The summed E-state index contributed by atoms with van der Waals surface area (Å²) < 4.78 is 17.2. The van der Waals surface area contributed by atoms with E-state index in [0.717, 1.165) is 29.8 Å². The Morgan fingerprint density at radius 1 is 0.860 bits per heavy atom. The molecule has 0 atom stereocenters. The van der Waals surface area contributed by atoms with Crippen LogP contribution in [0.3, 0.4) is 0 Å². The Morgan fingerprint density at radius 2 is 1.47 bits per heavy atom. The second-order valence-corrected chi connectivity index (χ2v) is 13.3. The van der Waals surface area contributed by atoms with Gasteiger partial charge < -0.3 is 24.4 Å². The average molecular weight is 587 g/mol. The lowest BCUT2D eigenvalue weighted by Gasteiger charge is -2.47. The van der Waals surface area contributed by atoms with Crippen LogP contribution in [0.1, 0.15) is 71.8 Å². The maximum absolute atomic E-state index is 13.8. The SMILES string of the molecule is CCOc1cc(C2C3=C(CC(C)(C)CC3=O)N(C)C3=C2C(=O)CC(C)(C)C3)ccc1OCC(=O)Nc1ccccc1OC. The summed E-state index contributed by atoms with van der Waals surface area (Å²) in [7, 11) is 3.55. The van der Waals surface area contributed by atoms with Crippen molar-refractivity contribution in [2.45, 2.75) is 66.2 Å². The Bertz CT molecular complexity index is 1480. The zero-order chi connectivity index (χ0) is 31.1. The maximum atomic E-state index is 13.8. The number of ketones is 2. The van der Waals surface area contributed by atoms with Crippen LogP contribution in [-0.4, -0.2) is 49.7 Å². The Balaban J connectivity index is 1.50. The molecular formula is C35H42N2O6. The number of hydrogen-bond acceptors (Lipinski definition) is 7. The summed E-state index contributed by atoms with van der Waals surface area (Å²) in [5.74, 6) is 0.760. The van der Waals surface area contributed by atoms with Crippen LogP contribution in [0.5, 0.6) is 17.2 Å². The number of para-hydroxylation sites is 2. The van der Waals surface area contributed by atoms with Gasteiger partial charge in [0.1, 0.15) is 5.75 Å². The van der Waals surface area contributed by atoms with Gasteiger partial charge in [-0.25, -0.2) is 0 Å². The molecule has 1 N–H and O–H groups in total. The number of nitrogens with zero attached hydrogens (tertiary/aromatic N) is 1. The molecule has 0 saturated carbocycles. The number of Topliss-reactive ketones (excluding diaryl/α,β-unsaturated/α-hetero) is 2. The number of hydrogen-bond donors (Lipinski definition) is 1. The zero-order valence-electron chi connectivity index (χ0n) is 26.3. The lowest BCUT2D eigenvalue weighted by atomic mass is 9.64. The van der Waals surface area contributed by atoms with Crippen molar-refractivity contribution in [3.63, 3.8) is 0 Å². The van der Waals surface area contributed by atoms with Crippen LogP contribution in [0.15, 0.2) is 65.0 Å². The second-order valence-electron chi connectivity index (χ2n) is 13.3. The fraction of sp³-hybridized carbons (Fsp3) is 0.457. The van der Waals surface area contributed by atoms with Gasteiger partial charge in [-0.05, 0) is 60.4 Å². The van der Waals surface area contributed by atoms with Crippen molar-refractivity contribution < 1.29 is 28.6 Å². The predicted molar refractivity (Wildman–Crippen MR) is 165 cm³/mol. The van der Waals surface area contributed by atoms with Crippen LogP contribution in [0.4, 0.5) is 5.69 Å². The monoisotopic (exact) mass is 586 g/mol. The Labute approximate surface area is 254 Å². The van der Waals surface area contributed by atoms with Crippen LogP contribution in [0.2, 0.25) is 0 Å². The molecule has 0 aromatic heterocycles. The first-order valence-electron chi connectivity index (χ1n) is 14.9. The number of methoxy groups -OCH3 is 1. The van der Waals surface area contributed by atoms with E-state index in [-0.39, 0.29) is 34.9 Å². The van der Waals surface area contributed by atoms with Gasteiger partial charge in [0.25, 0.3) is 5.91 Å². The minimum atomic E-state index is -0.476. The molecule has 2 aliphatic carbocycles. The second kappa shape index (κ2) is 11.5. The number of carbonyl (C=O) groups is 3. The van der Waals surface area contributed by atoms with E-state index in [0.29, 0.717) is 53.5 Å². The minimum Gasteiger partial charge on any atom is -0.495 e. The van der Waals surface area contributed by atoms with Gasteiger partial charge >= 0.3 is 0 Å². The molecule has 5 rings (SSSR count). The van der Waals surface area contributed by atoms with E-state index in [1.54, 1.807) is 25.3 Å². The van der Waals surface area contributed by atoms with Crippen molar-refractivity contribution in [3.05, 3.63) is 70.6 Å². The third-order valence-electron chi connectivity index (χ3n) is 8.52. The highest BCUT2D eigenvalue weighted by atomic mass is 16.5. The topological polar surface area (TPSA) is 94.2 Å². The quantitative estimate of drug-likeness (QED) is 0.381.